The maximum Gasteiger partial charge on any atom is 0.511 e. The van der Waals surface area contributed by atoms with E-state index in [1.165, 1.54) is 0 Å². The predicted molar refractivity (Wildman–Crippen MR) is 65.0 cm³/mol. The van der Waals surface area contributed by atoms with Crippen molar-refractivity contribution in [1.82, 2.24) is 0 Å². The fraction of sp³-hybridized carbons (Fsp3) is 0.222. The largest absolute Gasteiger partial charge is 0.511 e. The van der Waals surface area contributed by atoms with Crippen LogP contribution in [-0.2, 0) is 0 Å². The number of carbonyl (C=O) groups is 1. The maximum atomic E-state index is 10.4. The van der Waals surface area contributed by atoms with Gasteiger partial charge in [0.15, 0.2) is 5.75 Å². The molecule has 0 amide bonds. The number of halogens is 2. The molecule has 3 nitrogen and oxygen atoms in total. The Morgan fingerprint density at radius 1 is 1.57 bits per heavy atom. The van der Waals surface area contributed by atoms with Gasteiger partial charge in [-0.25, -0.2) is 4.79 Å². The Hall–Kier alpha value is -0.300. The summed E-state index contributed by atoms with van der Waals surface area (Å²) in [6.07, 6.45) is -1.28. The van der Waals surface area contributed by atoms with Crippen molar-refractivity contribution in [2.45, 2.75) is 13.8 Å². The molecule has 0 fully saturated rings. The highest BCUT2D eigenvalue weighted by Gasteiger charge is 2.13. The molecule has 0 heterocycles. The molecule has 0 saturated heterocycles. The second-order valence-electron chi connectivity index (χ2n) is 2.81. The zero-order chi connectivity index (χ0) is 10.9. The number of aryl methyl sites for hydroxylation is 1. The molecule has 14 heavy (non-hydrogen) atoms. The second-order valence-corrected chi connectivity index (χ2v) is 4.74. The van der Waals surface area contributed by atoms with Gasteiger partial charge in [-0.2, -0.15) is 0 Å². The average molecular weight is 371 g/mol. The van der Waals surface area contributed by atoms with Crippen molar-refractivity contribution < 1.29 is 14.6 Å². The molecule has 0 radical (unpaired) electrons. The average Bonchev–Trinajstić information content (AvgIpc) is 2.09. The first-order valence-electron chi connectivity index (χ1n) is 3.79. The number of hydrogen-bond acceptors (Lipinski definition) is 2. The monoisotopic (exact) mass is 370 g/mol. The molecule has 1 rings (SSSR count). The minimum atomic E-state index is -1.28. The summed E-state index contributed by atoms with van der Waals surface area (Å²) in [7, 11) is 0. The number of benzene rings is 1. The quantitative estimate of drug-likeness (QED) is 0.465. The molecule has 76 valence electrons. The summed E-state index contributed by atoms with van der Waals surface area (Å²) in [4.78, 5) is 10.4. The van der Waals surface area contributed by atoms with E-state index in [4.69, 9.17) is 9.84 Å². The van der Waals surface area contributed by atoms with E-state index >= 15 is 0 Å². The Balaban J connectivity index is 3.29. The van der Waals surface area contributed by atoms with Crippen LogP contribution in [0.25, 0.3) is 0 Å². The first kappa shape index (κ1) is 11.8. The topological polar surface area (TPSA) is 46.5 Å². The molecule has 0 aliphatic carbocycles. The van der Waals surface area contributed by atoms with E-state index in [1.807, 2.05) is 19.9 Å². The van der Waals surface area contributed by atoms with E-state index in [1.54, 1.807) is 0 Å². The Morgan fingerprint density at radius 3 is 2.64 bits per heavy atom. The second kappa shape index (κ2) is 4.48. The van der Waals surface area contributed by atoms with Gasteiger partial charge in [-0.3, -0.25) is 0 Å². The first-order chi connectivity index (χ1) is 6.43. The number of rotatable bonds is 1. The fourth-order valence-electron chi connectivity index (χ4n) is 1.02. The van der Waals surface area contributed by atoms with Gasteiger partial charge in [0.25, 0.3) is 0 Å². The third kappa shape index (κ3) is 2.38. The highest BCUT2D eigenvalue weighted by molar-refractivity contribution is 14.1. The van der Waals surface area contributed by atoms with Gasteiger partial charge < -0.3 is 9.84 Å². The molecule has 0 saturated carbocycles. The van der Waals surface area contributed by atoms with Crippen LogP contribution in [0.5, 0.6) is 5.75 Å². The Kier molecular flexibility index (Phi) is 3.77. The molecule has 5 heteroatoms. The van der Waals surface area contributed by atoms with Crippen LogP contribution in [0.1, 0.15) is 11.1 Å². The molecule has 1 N–H and O–H groups in total. The molecular weight excluding hydrogens is 363 g/mol. The van der Waals surface area contributed by atoms with E-state index in [0.29, 0.717) is 5.75 Å². The van der Waals surface area contributed by atoms with Gasteiger partial charge >= 0.3 is 6.16 Å². The zero-order valence-electron chi connectivity index (χ0n) is 7.60. The summed E-state index contributed by atoms with van der Waals surface area (Å²) in [5.74, 6) is 0.416. The molecule has 0 aliphatic heterocycles. The smallest absolute Gasteiger partial charge is 0.449 e. The van der Waals surface area contributed by atoms with Crippen molar-refractivity contribution in [3.05, 3.63) is 25.2 Å². The first-order valence-corrected chi connectivity index (χ1v) is 5.66. The molecule has 0 bridgehead atoms. The summed E-state index contributed by atoms with van der Waals surface area (Å²) in [5, 5.41) is 8.54. The lowest BCUT2D eigenvalue weighted by atomic mass is 10.1. The summed E-state index contributed by atoms with van der Waals surface area (Å²) in [6, 6.07) is 1.84. The normalized spacial score (nSPS) is 10.0. The molecule has 0 atom stereocenters. The number of hydrogen-bond donors (Lipinski definition) is 1. The minimum absolute atomic E-state index is 0.416. The number of carboxylic acid groups (broad SMARTS) is 1. The van der Waals surface area contributed by atoms with Gasteiger partial charge in [0.05, 0.1) is 3.57 Å². The van der Waals surface area contributed by atoms with E-state index in [0.717, 1.165) is 19.2 Å². The van der Waals surface area contributed by atoms with Crippen LogP contribution in [0, 0.1) is 17.4 Å². The lowest BCUT2D eigenvalue weighted by Gasteiger charge is -2.10. The third-order valence-corrected chi connectivity index (χ3v) is 3.90. The van der Waals surface area contributed by atoms with Crippen LogP contribution >= 0.6 is 38.5 Å². The van der Waals surface area contributed by atoms with Gasteiger partial charge in [-0.15, -0.1) is 0 Å². The Morgan fingerprint density at radius 2 is 2.14 bits per heavy atom. The van der Waals surface area contributed by atoms with Gasteiger partial charge in [0, 0.05) is 4.47 Å². The van der Waals surface area contributed by atoms with Gasteiger partial charge in [-0.05, 0) is 53.6 Å². The van der Waals surface area contributed by atoms with Crippen molar-refractivity contribution >= 4 is 44.7 Å². The maximum absolute atomic E-state index is 10.4. The van der Waals surface area contributed by atoms with E-state index in [2.05, 4.69) is 38.5 Å². The SMILES string of the molecule is Cc1cc(Br)c(C)c(I)c1OC(=O)O. The van der Waals surface area contributed by atoms with Gasteiger partial charge in [0.1, 0.15) is 0 Å². The van der Waals surface area contributed by atoms with Crippen molar-refractivity contribution in [2.24, 2.45) is 0 Å². The lowest BCUT2D eigenvalue weighted by molar-refractivity contribution is 0.143. The van der Waals surface area contributed by atoms with Crippen molar-refractivity contribution in [3.8, 4) is 5.75 Å². The Bertz CT molecular complexity index is 390. The zero-order valence-corrected chi connectivity index (χ0v) is 11.3. The van der Waals surface area contributed by atoms with Crippen LogP contribution in [0.4, 0.5) is 4.79 Å². The molecular formula is C9H8BrIO3. The highest BCUT2D eigenvalue weighted by Crippen LogP contribution is 2.33. The predicted octanol–water partition coefficient (Wildman–Crippen LogP) is 3.73. The van der Waals surface area contributed by atoms with Gasteiger partial charge in [-0.1, -0.05) is 15.9 Å². The summed E-state index contributed by atoms with van der Waals surface area (Å²) in [6.45, 7) is 3.71. The van der Waals surface area contributed by atoms with Crippen molar-refractivity contribution in [2.75, 3.05) is 0 Å². The van der Waals surface area contributed by atoms with Crippen molar-refractivity contribution in [1.29, 1.82) is 0 Å². The molecule has 1 aromatic carbocycles. The van der Waals surface area contributed by atoms with Crippen LogP contribution in [0.2, 0.25) is 0 Å². The summed E-state index contributed by atoms with van der Waals surface area (Å²) >= 11 is 5.46. The standard InChI is InChI=1S/C9H8BrIO3/c1-4-3-6(10)5(2)7(11)8(4)14-9(12)13/h3H,1-2H3,(H,12,13). The third-order valence-electron chi connectivity index (χ3n) is 1.78. The van der Waals surface area contributed by atoms with Crippen LogP contribution in [-0.4, -0.2) is 11.3 Å². The van der Waals surface area contributed by atoms with E-state index < -0.39 is 6.16 Å². The Labute approximate surface area is 104 Å². The van der Waals surface area contributed by atoms with E-state index in [-0.39, 0.29) is 0 Å². The number of ether oxygens (including phenoxy) is 1. The van der Waals surface area contributed by atoms with E-state index in [9.17, 15) is 4.79 Å². The highest BCUT2D eigenvalue weighted by atomic mass is 127. The minimum Gasteiger partial charge on any atom is -0.449 e. The molecule has 0 spiro atoms. The van der Waals surface area contributed by atoms with Crippen LogP contribution < -0.4 is 4.74 Å². The molecule has 1 aromatic rings. The molecule has 0 aromatic heterocycles. The summed E-state index contributed by atoms with van der Waals surface area (Å²) < 4.78 is 6.47. The van der Waals surface area contributed by atoms with Crippen molar-refractivity contribution in [3.63, 3.8) is 0 Å². The fourth-order valence-corrected chi connectivity index (χ4v) is 2.76. The summed E-state index contributed by atoms with van der Waals surface area (Å²) in [5.41, 5.74) is 1.78. The molecule has 0 unspecified atom stereocenters. The molecule has 0 aliphatic rings. The van der Waals surface area contributed by atoms with Gasteiger partial charge in [0.2, 0.25) is 0 Å². The lowest BCUT2D eigenvalue weighted by Crippen LogP contribution is -2.06. The van der Waals surface area contributed by atoms with Crippen LogP contribution in [0.3, 0.4) is 0 Å². The van der Waals surface area contributed by atoms with Crippen LogP contribution in [0.15, 0.2) is 10.5 Å².